The van der Waals surface area contributed by atoms with Crippen LogP contribution in [0, 0.1) is 28.6 Å². The Labute approximate surface area is 226 Å². The van der Waals surface area contributed by atoms with Crippen LogP contribution in [0.25, 0.3) is 0 Å². The number of alkyl halides is 2. The molecule has 3 fully saturated rings. The first-order valence-corrected chi connectivity index (χ1v) is 13.7. The number of ether oxygens (including phenoxy) is 2. The lowest BCUT2D eigenvalue weighted by atomic mass is 9.44. The lowest BCUT2D eigenvalue weighted by Gasteiger charge is -2.63. The van der Waals surface area contributed by atoms with Gasteiger partial charge in [0.2, 0.25) is 11.6 Å². The van der Waals surface area contributed by atoms with Crippen LogP contribution in [0.3, 0.4) is 0 Å². The van der Waals surface area contributed by atoms with E-state index in [9.17, 15) is 28.7 Å². The second-order valence-electron chi connectivity index (χ2n) is 12.0. The molecule has 0 bridgehead atoms. The number of ketones is 2. The summed E-state index contributed by atoms with van der Waals surface area (Å²) < 4.78 is 59.1. The first kappa shape index (κ1) is 29.5. The zero-order valence-corrected chi connectivity index (χ0v) is 23.0. The van der Waals surface area contributed by atoms with Crippen LogP contribution in [-0.4, -0.2) is 58.8 Å². The van der Waals surface area contributed by atoms with E-state index in [0.29, 0.717) is 6.42 Å². The lowest BCUT2D eigenvalue weighted by molar-refractivity contribution is -0.232. The first-order chi connectivity index (χ1) is 18.1. The van der Waals surface area contributed by atoms with E-state index in [4.69, 9.17) is 9.47 Å². The van der Waals surface area contributed by atoms with Gasteiger partial charge in [-0.05, 0) is 44.6 Å². The van der Waals surface area contributed by atoms with Crippen LogP contribution in [0.4, 0.5) is 13.2 Å². The van der Waals surface area contributed by atoms with E-state index in [1.54, 1.807) is 27.7 Å². The molecule has 4 aliphatic carbocycles. The first-order valence-electron chi connectivity index (χ1n) is 13.7. The van der Waals surface area contributed by atoms with Crippen molar-refractivity contribution in [1.29, 1.82) is 0 Å². The summed E-state index contributed by atoms with van der Waals surface area (Å²) in [6.45, 7) is 7.25. The Kier molecular flexibility index (Phi) is 7.45. The predicted octanol–water partition coefficient (Wildman–Crippen LogP) is 4.45. The number of hydrogen-bond donors (Lipinski definition) is 1. The van der Waals surface area contributed by atoms with Crippen molar-refractivity contribution in [3.63, 3.8) is 0 Å². The summed E-state index contributed by atoms with van der Waals surface area (Å²) in [6, 6.07) is 0. The van der Waals surface area contributed by atoms with Crippen LogP contribution in [0.1, 0.15) is 73.1 Å². The van der Waals surface area contributed by atoms with Gasteiger partial charge in [-0.15, -0.1) is 0 Å². The smallest absolute Gasteiger partial charge is 0.306 e. The predicted molar refractivity (Wildman–Crippen MR) is 133 cm³/mol. The second-order valence-corrected chi connectivity index (χ2v) is 12.0. The molecule has 4 aliphatic rings. The number of aliphatic hydroxyl groups is 1. The third kappa shape index (κ3) is 3.87. The molecule has 3 saturated carbocycles. The van der Waals surface area contributed by atoms with Crippen molar-refractivity contribution < 1.29 is 46.9 Å². The van der Waals surface area contributed by atoms with Gasteiger partial charge in [0.1, 0.15) is 6.17 Å². The van der Waals surface area contributed by atoms with Crippen LogP contribution in [0.5, 0.6) is 0 Å². The van der Waals surface area contributed by atoms with Crippen LogP contribution < -0.4 is 0 Å². The highest BCUT2D eigenvalue weighted by Gasteiger charge is 2.78. The fraction of sp³-hybridized carbons (Fsp3) is 0.724. The molecule has 0 saturated heterocycles. The molecule has 0 aromatic heterocycles. The van der Waals surface area contributed by atoms with Gasteiger partial charge in [0.25, 0.3) is 0 Å². The molecule has 216 valence electrons. The third-order valence-electron chi connectivity index (χ3n) is 10.0. The van der Waals surface area contributed by atoms with E-state index < -0.39 is 100 Å². The molecule has 39 heavy (non-hydrogen) atoms. The van der Waals surface area contributed by atoms with Crippen LogP contribution in [0.15, 0.2) is 23.6 Å². The second kappa shape index (κ2) is 9.85. The van der Waals surface area contributed by atoms with Gasteiger partial charge in [-0.3, -0.25) is 19.2 Å². The Hall–Kier alpha value is -2.49. The van der Waals surface area contributed by atoms with Gasteiger partial charge in [0.15, 0.2) is 23.7 Å². The van der Waals surface area contributed by atoms with Crippen molar-refractivity contribution in [3.8, 4) is 0 Å². The molecular formula is C29H37F3O7. The Balaban J connectivity index is 1.82. The Morgan fingerprint density at radius 3 is 2.41 bits per heavy atom. The minimum Gasteiger partial charge on any atom is -0.457 e. The summed E-state index contributed by atoms with van der Waals surface area (Å²) in [5.41, 5.74) is -8.33. The highest BCUT2D eigenvalue weighted by molar-refractivity contribution is 6.04. The average molecular weight is 555 g/mol. The molecule has 0 amide bonds. The number of hydrogen-bond acceptors (Lipinski definition) is 7. The summed E-state index contributed by atoms with van der Waals surface area (Å²) in [7, 11) is 0. The molecule has 4 rings (SSSR count). The molecule has 0 aromatic rings. The summed E-state index contributed by atoms with van der Waals surface area (Å²) in [5.74, 6) is -7.00. The fourth-order valence-corrected chi connectivity index (χ4v) is 8.27. The van der Waals surface area contributed by atoms with Crippen LogP contribution in [-0.2, 0) is 28.7 Å². The molecule has 1 N–H and O–H groups in total. The molecule has 0 spiro atoms. The van der Waals surface area contributed by atoms with Crippen LogP contribution >= 0.6 is 0 Å². The number of esters is 2. The van der Waals surface area contributed by atoms with Gasteiger partial charge in [-0.2, -0.15) is 0 Å². The Morgan fingerprint density at radius 1 is 1.13 bits per heavy atom. The number of rotatable bonds is 7. The van der Waals surface area contributed by atoms with E-state index in [-0.39, 0.29) is 25.7 Å². The third-order valence-corrected chi connectivity index (χ3v) is 10.0. The minimum atomic E-state index is -2.56. The minimum absolute atomic E-state index is 0.0615. The number of halogens is 3. The van der Waals surface area contributed by atoms with E-state index in [1.807, 2.05) is 0 Å². The standard InChI is InChI=1S/C29H37F3O7/c1-6-8-23(37)38-14-21(35)29(39-22(36)7-2)15(3)11-16-17-12-18(30)24-25(31)19(33)9-10-26(24,4)28(17,32)20(34)13-27(16,29)5/h9-10,15-18,20,34H,6-8,11-14H2,1-5H3/t15-,16+,17+,18+,20+,26+,27+,28+,29+/m1/s1. The van der Waals surface area contributed by atoms with E-state index >= 15 is 8.78 Å². The molecule has 0 radical (unpaired) electrons. The van der Waals surface area contributed by atoms with Gasteiger partial charge in [-0.25, -0.2) is 13.2 Å². The highest BCUT2D eigenvalue weighted by Crippen LogP contribution is 2.72. The summed E-state index contributed by atoms with van der Waals surface area (Å²) >= 11 is 0. The Morgan fingerprint density at radius 2 is 1.79 bits per heavy atom. The maximum atomic E-state index is 17.4. The van der Waals surface area contributed by atoms with Crippen molar-refractivity contribution in [2.24, 2.45) is 28.6 Å². The molecule has 7 nitrogen and oxygen atoms in total. The van der Waals surface area contributed by atoms with Gasteiger partial charge in [0.05, 0.1) is 6.10 Å². The number of Topliss-reactive ketones (excluding diaryl/α,β-unsaturated/α-hetero) is 1. The summed E-state index contributed by atoms with van der Waals surface area (Å²) in [6.07, 6.45) is -1.99. The molecule has 0 aromatic carbocycles. The highest BCUT2D eigenvalue weighted by atomic mass is 19.2. The van der Waals surface area contributed by atoms with E-state index in [1.165, 1.54) is 6.92 Å². The molecule has 0 heterocycles. The normalized spacial score (nSPS) is 42.9. The van der Waals surface area contributed by atoms with Crippen molar-refractivity contribution >= 4 is 23.5 Å². The zero-order chi connectivity index (χ0) is 29.1. The summed E-state index contributed by atoms with van der Waals surface area (Å²) in [5, 5.41) is 11.5. The molecule has 10 heteroatoms. The van der Waals surface area contributed by atoms with Gasteiger partial charge >= 0.3 is 11.9 Å². The Bertz CT molecular complexity index is 1150. The molecule has 9 atom stereocenters. The van der Waals surface area contributed by atoms with Crippen LogP contribution in [0.2, 0.25) is 0 Å². The van der Waals surface area contributed by atoms with Crippen molar-refractivity contribution in [2.45, 2.75) is 96.7 Å². The van der Waals surface area contributed by atoms with Crippen molar-refractivity contribution in [3.05, 3.63) is 23.6 Å². The maximum Gasteiger partial charge on any atom is 0.306 e. The monoisotopic (exact) mass is 554 g/mol. The average Bonchev–Trinajstić information content (AvgIpc) is 3.09. The van der Waals surface area contributed by atoms with Gasteiger partial charge < -0.3 is 14.6 Å². The zero-order valence-electron chi connectivity index (χ0n) is 23.0. The molecule has 0 unspecified atom stereocenters. The number of carbonyl (C=O) groups is 4. The fourth-order valence-electron chi connectivity index (χ4n) is 8.27. The molecule has 0 aliphatic heterocycles. The van der Waals surface area contributed by atoms with Crippen molar-refractivity contribution in [2.75, 3.05) is 6.61 Å². The topological polar surface area (TPSA) is 107 Å². The van der Waals surface area contributed by atoms with Gasteiger partial charge in [0, 0.05) is 41.1 Å². The van der Waals surface area contributed by atoms with E-state index in [0.717, 1.165) is 12.2 Å². The quantitative estimate of drug-likeness (QED) is 0.464. The lowest BCUT2D eigenvalue weighted by Crippen LogP contribution is -2.71. The maximum absolute atomic E-state index is 17.4. The number of carbonyl (C=O) groups excluding carboxylic acids is 4. The van der Waals surface area contributed by atoms with Gasteiger partial charge in [-0.1, -0.05) is 33.8 Å². The largest absolute Gasteiger partial charge is 0.457 e. The number of allylic oxidation sites excluding steroid dienone is 4. The number of fused-ring (bicyclic) bond motifs is 5. The van der Waals surface area contributed by atoms with Crippen molar-refractivity contribution in [1.82, 2.24) is 0 Å². The van der Waals surface area contributed by atoms with E-state index in [2.05, 4.69) is 0 Å². The SMILES string of the molecule is CCCC(=O)OCC(=O)[C@@]1(OC(=O)CC)[C@H](C)C[C@H]2[C@@H]3C[C@H](F)C4=C(F)C(=O)C=C[C@]4(C)[C@@]3(F)[C@@H](O)C[C@@]21C. The number of aliphatic hydroxyl groups excluding tert-OH is 1. The molecular weight excluding hydrogens is 517 g/mol. The summed E-state index contributed by atoms with van der Waals surface area (Å²) in [4.78, 5) is 50.6.